The van der Waals surface area contributed by atoms with Crippen LogP contribution in [-0.2, 0) is 4.74 Å². The predicted molar refractivity (Wildman–Crippen MR) is 106 cm³/mol. The van der Waals surface area contributed by atoms with E-state index < -0.39 is 37.3 Å². The van der Waals surface area contributed by atoms with Crippen molar-refractivity contribution in [2.24, 2.45) is 0 Å². The number of benzene rings is 2. The molecule has 9 heteroatoms. The summed E-state index contributed by atoms with van der Waals surface area (Å²) in [4.78, 5) is 0. The molecule has 1 aliphatic heterocycles. The average Bonchev–Trinajstić information content (AvgIpc) is 2.73. The van der Waals surface area contributed by atoms with Crippen LogP contribution in [0.2, 0.25) is 0 Å². The highest BCUT2D eigenvalue weighted by molar-refractivity contribution is 5.72. The minimum atomic E-state index is -1.57. The molecule has 0 bridgehead atoms. The largest absolute Gasteiger partial charge is 0.508 e. The van der Waals surface area contributed by atoms with Crippen LogP contribution in [0, 0.1) is 0 Å². The van der Waals surface area contributed by atoms with Crippen LogP contribution in [0.1, 0.15) is 11.1 Å². The lowest BCUT2D eigenvalue weighted by Gasteiger charge is -2.39. The number of hydrogen-bond acceptors (Lipinski definition) is 9. The van der Waals surface area contributed by atoms with Crippen LogP contribution >= 0.6 is 0 Å². The summed E-state index contributed by atoms with van der Waals surface area (Å²) in [7, 11) is 1.44. The zero-order valence-electron chi connectivity index (χ0n) is 16.1. The van der Waals surface area contributed by atoms with E-state index in [1.807, 2.05) is 0 Å². The van der Waals surface area contributed by atoms with Crippen molar-refractivity contribution in [2.75, 3.05) is 13.7 Å². The molecular weight excluding hydrogens is 396 g/mol. The van der Waals surface area contributed by atoms with Crippen molar-refractivity contribution < 1.29 is 44.8 Å². The fraction of sp³-hybridized carbons (Fsp3) is 0.333. The number of methoxy groups -OCH3 is 1. The molecule has 0 radical (unpaired) electrons. The van der Waals surface area contributed by atoms with Crippen molar-refractivity contribution in [1.82, 2.24) is 0 Å². The maximum atomic E-state index is 10.1. The Morgan fingerprint density at radius 2 is 1.67 bits per heavy atom. The van der Waals surface area contributed by atoms with Gasteiger partial charge in [-0.15, -0.1) is 0 Å². The van der Waals surface area contributed by atoms with Crippen molar-refractivity contribution >= 4 is 12.2 Å². The Balaban J connectivity index is 1.78. The van der Waals surface area contributed by atoms with Gasteiger partial charge in [0, 0.05) is 6.07 Å². The molecule has 0 amide bonds. The Hall–Kier alpha value is -2.82. The molecule has 1 saturated heterocycles. The number of rotatable bonds is 6. The van der Waals surface area contributed by atoms with Gasteiger partial charge in [0.1, 0.15) is 35.9 Å². The van der Waals surface area contributed by atoms with E-state index in [2.05, 4.69) is 0 Å². The third kappa shape index (κ3) is 4.84. The number of aliphatic hydroxyl groups excluding tert-OH is 4. The quantitative estimate of drug-likeness (QED) is 0.366. The van der Waals surface area contributed by atoms with E-state index in [-0.39, 0.29) is 17.2 Å². The number of phenolic OH excluding ortho intramolecular Hbond substituents is 2. The molecule has 0 aliphatic carbocycles. The second-order valence-corrected chi connectivity index (χ2v) is 6.84. The van der Waals surface area contributed by atoms with E-state index in [9.17, 15) is 30.6 Å². The molecule has 0 aromatic heterocycles. The minimum absolute atomic E-state index is 0.0159. The van der Waals surface area contributed by atoms with Gasteiger partial charge >= 0.3 is 0 Å². The van der Waals surface area contributed by atoms with Gasteiger partial charge in [0.2, 0.25) is 6.29 Å². The van der Waals surface area contributed by atoms with E-state index in [0.717, 1.165) is 5.56 Å². The highest BCUT2D eigenvalue weighted by Crippen LogP contribution is 2.30. The molecule has 1 aliphatic rings. The van der Waals surface area contributed by atoms with Gasteiger partial charge in [-0.1, -0.05) is 18.2 Å². The number of aromatic hydroxyl groups is 2. The van der Waals surface area contributed by atoms with E-state index in [1.54, 1.807) is 30.4 Å². The van der Waals surface area contributed by atoms with E-state index >= 15 is 0 Å². The van der Waals surface area contributed by atoms with E-state index in [4.69, 9.17) is 14.2 Å². The van der Waals surface area contributed by atoms with Crippen molar-refractivity contribution in [2.45, 2.75) is 30.7 Å². The first-order chi connectivity index (χ1) is 14.3. The maximum absolute atomic E-state index is 10.1. The molecule has 0 spiro atoms. The van der Waals surface area contributed by atoms with Gasteiger partial charge in [0.15, 0.2) is 11.5 Å². The fourth-order valence-electron chi connectivity index (χ4n) is 3.06. The summed E-state index contributed by atoms with van der Waals surface area (Å²) in [5.41, 5.74) is 1.30. The SMILES string of the molecule is COc1cc(C=Cc2cc(O)cc(O[C@H]3O[C@H](CO)[C@H](O)[C@@H](O)[C@H]3O)c2)ccc1O. The van der Waals surface area contributed by atoms with Crippen LogP contribution < -0.4 is 9.47 Å². The Morgan fingerprint density at radius 3 is 2.37 bits per heavy atom. The summed E-state index contributed by atoms with van der Waals surface area (Å²) >= 11 is 0. The van der Waals surface area contributed by atoms with Crippen LogP contribution in [0.5, 0.6) is 23.0 Å². The third-order valence-corrected chi connectivity index (χ3v) is 4.69. The van der Waals surface area contributed by atoms with Crippen LogP contribution in [0.4, 0.5) is 0 Å². The highest BCUT2D eigenvalue weighted by atomic mass is 16.7. The summed E-state index contributed by atoms with van der Waals surface area (Å²) in [6, 6.07) is 9.16. The van der Waals surface area contributed by atoms with Gasteiger partial charge in [0.25, 0.3) is 0 Å². The zero-order chi connectivity index (χ0) is 21.8. The lowest BCUT2D eigenvalue weighted by molar-refractivity contribution is -0.277. The summed E-state index contributed by atoms with van der Waals surface area (Å²) in [5, 5.41) is 58.7. The first-order valence-electron chi connectivity index (χ1n) is 9.18. The van der Waals surface area contributed by atoms with Gasteiger partial charge in [-0.3, -0.25) is 0 Å². The predicted octanol–water partition coefficient (Wildman–Crippen LogP) is 0.455. The summed E-state index contributed by atoms with van der Waals surface area (Å²) in [6.45, 7) is -0.574. The number of phenols is 2. The summed E-state index contributed by atoms with van der Waals surface area (Å²) < 4.78 is 15.9. The second kappa shape index (κ2) is 9.33. The van der Waals surface area contributed by atoms with Crippen LogP contribution in [0.15, 0.2) is 36.4 Å². The Kier molecular flexibility index (Phi) is 6.80. The molecule has 0 unspecified atom stereocenters. The number of hydrogen-bond donors (Lipinski definition) is 6. The minimum Gasteiger partial charge on any atom is -0.508 e. The summed E-state index contributed by atoms with van der Waals surface area (Å²) in [5.74, 6) is 0.365. The molecule has 9 nitrogen and oxygen atoms in total. The molecule has 5 atom stereocenters. The van der Waals surface area contributed by atoms with E-state index in [0.29, 0.717) is 11.3 Å². The molecule has 30 heavy (non-hydrogen) atoms. The molecule has 1 heterocycles. The van der Waals surface area contributed by atoms with Crippen molar-refractivity contribution in [1.29, 1.82) is 0 Å². The van der Waals surface area contributed by atoms with Crippen LogP contribution in [0.25, 0.3) is 12.2 Å². The monoisotopic (exact) mass is 420 g/mol. The lowest BCUT2D eigenvalue weighted by atomic mass is 9.99. The Morgan fingerprint density at radius 1 is 0.933 bits per heavy atom. The topological polar surface area (TPSA) is 149 Å². The van der Waals surface area contributed by atoms with Crippen molar-refractivity contribution in [3.63, 3.8) is 0 Å². The standard InChI is InChI=1S/C21H24O9/c1-28-16-8-11(4-5-15(16)24)2-3-12-6-13(23)9-14(7-12)29-21-20(27)19(26)18(25)17(10-22)30-21/h2-9,17-27H,10H2,1H3/t17-,18+,19-,20-,21+/m1/s1. The Labute approximate surface area is 172 Å². The molecule has 1 fully saturated rings. The molecule has 3 rings (SSSR count). The molecule has 6 N–H and O–H groups in total. The molecule has 0 saturated carbocycles. The first kappa shape index (κ1) is 21.9. The summed E-state index contributed by atoms with van der Waals surface area (Å²) in [6.07, 6.45) is -3.67. The second-order valence-electron chi connectivity index (χ2n) is 6.84. The average molecular weight is 420 g/mol. The number of ether oxygens (including phenoxy) is 3. The smallest absolute Gasteiger partial charge is 0.229 e. The normalized spacial score (nSPS) is 26.6. The van der Waals surface area contributed by atoms with Crippen molar-refractivity contribution in [3.8, 4) is 23.0 Å². The van der Waals surface area contributed by atoms with Crippen LogP contribution in [-0.4, -0.2) is 75.1 Å². The third-order valence-electron chi connectivity index (χ3n) is 4.69. The van der Waals surface area contributed by atoms with Gasteiger partial charge in [0.05, 0.1) is 13.7 Å². The van der Waals surface area contributed by atoms with Crippen LogP contribution in [0.3, 0.4) is 0 Å². The maximum Gasteiger partial charge on any atom is 0.229 e. The first-order valence-corrected chi connectivity index (χ1v) is 9.18. The Bertz CT molecular complexity index is 896. The van der Waals surface area contributed by atoms with Gasteiger partial charge < -0.3 is 44.8 Å². The van der Waals surface area contributed by atoms with Gasteiger partial charge in [-0.05, 0) is 35.4 Å². The lowest BCUT2D eigenvalue weighted by Crippen LogP contribution is -2.60. The highest BCUT2D eigenvalue weighted by Gasteiger charge is 2.44. The molecule has 2 aromatic carbocycles. The van der Waals surface area contributed by atoms with Gasteiger partial charge in [-0.25, -0.2) is 0 Å². The molecule has 2 aromatic rings. The fourth-order valence-corrected chi connectivity index (χ4v) is 3.06. The molecular formula is C21H24O9. The van der Waals surface area contributed by atoms with Crippen molar-refractivity contribution in [3.05, 3.63) is 47.5 Å². The van der Waals surface area contributed by atoms with E-state index in [1.165, 1.54) is 25.3 Å². The number of aliphatic hydroxyl groups is 4. The molecule has 162 valence electrons. The van der Waals surface area contributed by atoms with Gasteiger partial charge in [-0.2, -0.15) is 0 Å². The zero-order valence-corrected chi connectivity index (χ0v) is 16.1.